The van der Waals surface area contributed by atoms with Gasteiger partial charge in [0.15, 0.2) is 0 Å². The lowest BCUT2D eigenvalue weighted by molar-refractivity contribution is 0.307. The summed E-state index contributed by atoms with van der Waals surface area (Å²) >= 11 is 0. The maximum atomic E-state index is 12.2. The summed E-state index contributed by atoms with van der Waals surface area (Å²) in [4.78, 5) is 0. The molecule has 1 aliphatic carbocycles. The van der Waals surface area contributed by atoms with Crippen molar-refractivity contribution < 1.29 is 8.42 Å². The minimum atomic E-state index is -3.00. The van der Waals surface area contributed by atoms with Crippen LogP contribution in [0.3, 0.4) is 0 Å². The Bertz CT molecular complexity index is 309. The van der Waals surface area contributed by atoms with Gasteiger partial charge in [-0.05, 0) is 19.8 Å². The molecule has 1 saturated heterocycles. The van der Waals surface area contributed by atoms with Gasteiger partial charge in [0.2, 0.25) is 10.0 Å². The zero-order valence-electron chi connectivity index (χ0n) is 9.28. The highest BCUT2D eigenvalue weighted by Crippen LogP contribution is 2.27. The highest BCUT2D eigenvalue weighted by atomic mass is 32.2. The molecule has 1 N–H and O–H groups in total. The second-order valence-corrected chi connectivity index (χ2v) is 6.88. The summed E-state index contributed by atoms with van der Waals surface area (Å²) < 4.78 is 26.1. The largest absolute Gasteiger partial charge is 0.312 e. The minimum absolute atomic E-state index is 0.0946. The van der Waals surface area contributed by atoms with Gasteiger partial charge in [-0.2, -0.15) is 4.31 Å². The van der Waals surface area contributed by atoms with Crippen molar-refractivity contribution in [3.63, 3.8) is 0 Å². The Hall–Kier alpha value is -0.130. The normalized spacial score (nSPS) is 30.9. The van der Waals surface area contributed by atoms with Gasteiger partial charge >= 0.3 is 0 Å². The Kier molecular flexibility index (Phi) is 3.33. The molecular formula is C10H20N2O2S. The Balaban J connectivity index is 2.07. The first-order valence-corrected chi connectivity index (χ1v) is 7.33. The van der Waals surface area contributed by atoms with Crippen LogP contribution >= 0.6 is 0 Å². The van der Waals surface area contributed by atoms with Gasteiger partial charge in [0.1, 0.15) is 0 Å². The average molecular weight is 232 g/mol. The fourth-order valence-electron chi connectivity index (χ4n) is 2.53. The van der Waals surface area contributed by atoms with Gasteiger partial charge in [-0.1, -0.05) is 12.8 Å². The Morgan fingerprint density at radius 3 is 2.53 bits per heavy atom. The van der Waals surface area contributed by atoms with Gasteiger partial charge < -0.3 is 5.32 Å². The van der Waals surface area contributed by atoms with Crippen molar-refractivity contribution in [3.8, 4) is 0 Å². The number of rotatable bonds is 2. The van der Waals surface area contributed by atoms with Crippen LogP contribution in [0.1, 0.15) is 32.6 Å². The molecule has 1 atom stereocenters. The summed E-state index contributed by atoms with van der Waals surface area (Å²) in [6, 6.07) is 0.287. The van der Waals surface area contributed by atoms with Crippen LogP contribution < -0.4 is 5.32 Å². The van der Waals surface area contributed by atoms with Gasteiger partial charge in [-0.15, -0.1) is 0 Å². The molecule has 15 heavy (non-hydrogen) atoms. The van der Waals surface area contributed by atoms with Crippen molar-refractivity contribution >= 4 is 10.0 Å². The topological polar surface area (TPSA) is 49.4 Å². The summed E-state index contributed by atoms with van der Waals surface area (Å²) in [5.41, 5.74) is 0. The van der Waals surface area contributed by atoms with E-state index in [9.17, 15) is 8.42 Å². The molecule has 2 aliphatic rings. The zero-order chi connectivity index (χ0) is 10.9. The summed E-state index contributed by atoms with van der Waals surface area (Å²) in [6.07, 6.45) is 3.87. The SMILES string of the molecule is C[C@H]1CN(S(=O)(=O)C2CCCC2)CCN1. The standard InChI is InChI=1S/C10H20N2O2S/c1-9-8-12(7-6-11-9)15(13,14)10-4-2-3-5-10/h9-11H,2-8H2,1H3/t9-/m0/s1. The molecule has 0 aromatic carbocycles. The third-order valence-electron chi connectivity index (χ3n) is 3.41. The predicted octanol–water partition coefficient (Wildman–Crippen LogP) is 0.552. The van der Waals surface area contributed by atoms with Gasteiger partial charge in [-0.25, -0.2) is 8.42 Å². The molecule has 0 bridgehead atoms. The molecule has 0 aromatic rings. The second-order valence-electron chi connectivity index (χ2n) is 4.66. The van der Waals surface area contributed by atoms with Crippen LogP contribution in [0, 0.1) is 0 Å². The monoisotopic (exact) mass is 232 g/mol. The molecule has 0 radical (unpaired) electrons. The molecule has 0 amide bonds. The number of nitrogens with zero attached hydrogens (tertiary/aromatic N) is 1. The molecule has 1 heterocycles. The third-order valence-corrected chi connectivity index (χ3v) is 5.78. The van der Waals surface area contributed by atoms with Crippen LogP contribution in [0.15, 0.2) is 0 Å². The van der Waals surface area contributed by atoms with Crippen LogP contribution in [0.25, 0.3) is 0 Å². The maximum absolute atomic E-state index is 12.2. The summed E-state index contributed by atoms with van der Waals surface area (Å²) in [5, 5.41) is 3.17. The third kappa shape index (κ3) is 2.34. The zero-order valence-corrected chi connectivity index (χ0v) is 10.1. The van der Waals surface area contributed by atoms with E-state index in [2.05, 4.69) is 5.32 Å². The van der Waals surface area contributed by atoms with Crippen molar-refractivity contribution in [1.29, 1.82) is 0 Å². The van der Waals surface area contributed by atoms with Crippen molar-refractivity contribution in [2.45, 2.75) is 43.9 Å². The van der Waals surface area contributed by atoms with Gasteiger partial charge in [-0.3, -0.25) is 0 Å². The average Bonchev–Trinajstić information content (AvgIpc) is 2.71. The molecule has 0 unspecified atom stereocenters. The minimum Gasteiger partial charge on any atom is -0.312 e. The first-order valence-electron chi connectivity index (χ1n) is 5.83. The van der Waals surface area contributed by atoms with Gasteiger partial charge in [0, 0.05) is 25.7 Å². The fraction of sp³-hybridized carbons (Fsp3) is 1.00. The highest BCUT2D eigenvalue weighted by molar-refractivity contribution is 7.89. The Morgan fingerprint density at radius 2 is 1.93 bits per heavy atom. The Morgan fingerprint density at radius 1 is 1.27 bits per heavy atom. The van der Waals surface area contributed by atoms with Crippen molar-refractivity contribution in [1.82, 2.24) is 9.62 Å². The molecule has 1 saturated carbocycles. The Labute approximate surface area is 92.1 Å². The van der Waals surface area contributed by atoms with Crippen molar-refractivity contribution in [2.24, 2.45) is 0 Å². The number of hydrogen-bond acceptors (Lipinski definition) is 3. The van der Waals surface area contributed by atoms with Crippen molar-refractivity contribution in [3.05, 3.63) is 0 Å². The molecule has 88 valence electrons. The van der Waals surface area contributed by atoms with E-state index in [1.54, 1.807) is 4.31 Å². The van der Waals surface area contributed by atoms with E-state index in [4.69, 9.17) is 0 Å². The smallest absolute Gasteiger partial charge is 0.217 e. The van der Waals surface area contributed by atoms with Gasteiger partial charge in [0.25, 0.3) is 0 Å². The van der Waals surface area contributed by atoms with E-state index >= 15 is 0 Å². The lowest BCUT2D eigenvalue weighted by Crippen LogP contribution is -2.53. The number of hydrogen-bond donors (Lipinski definition) is 1. The number of sulfonamides is 1. The van der Waals surface area contributed by atoms with Crippen LogP contribution in [0.4, 0.5) is 0 Å². The molecule has 2 fully saturated rings. The van der Waals surface area contributed by atoms with E-state index in [1.807, 2.05) is 6.92 Å². The van der Waals surface area contributed by atoms with Crippen LogP contribution in [-0.2, 0) is 10.0 Å². The fourth-order valence-corrected chi connectivity index (χ4v) is 4.65. The maximum Gasteiger partial charge on any atom is 0.217 e. The first kappa shape index (κ1) is 11.4. The van der Waals surface area contributed by atoms with Crippen LogP contribution in [-0.4, -0.2) is 43.6 Å². The lowest BCUT2D eigenvalue weighted by atomic mass is 10.3. The molecule has 5 heteroatoms. The second kappa shape index (κ2) is 4.39. The van der Waals surface area contributed by atoms with E-state index in [1.165, 1.54) is 0 Å². The summed E-state index contributed by atoms with van der Waals surface area (Å²) in [6.45, 7) is 4.10. The summed E-state index contributed by atoms with van der Waals surface area (Å²) in [5.74, 6) is 0. The molecular weight excluding hydrogens is 212 g/mol. The molecule has 0 aromatic heterocycles. The van der Waals surface area contributed by atoms with Crippen molar-refractivity contribution in [2.75, 3.05) is 19.6 Å². The lowest BCUT2D eigenvalue weighted by Gasteiger charge is -2.32. The molecule has 1 aliphatic heterocycles. The number of nitrogens with one attached hydrogen (secondary N) is 1. The van der Waals surface area contributed by atoms with E-state index in [-0.39, 0.29) is 11.3 Å². The van der Waals surface area contributed by atoms with E-state index in [0.29, 0.717) is 13.1 Å². The molecule has 4 nitrogen and oxygen atoms in total. The van der Waals surface area contributed by atoms with Crippen LogP contribution in [0.2, 0.25) is 0 Å². The van der Waals surface area contributed by atoms with E-state index < -0.39 is 10.0 Å². The predicted molar refractivity (Wildman–Crippen MR) is 60.2 cm³/mol. The number of piperazine rings is 1. The van der Waals surface area contributed by atoms with Gasteiger partial charge in [0.05, 0.1) is 5.25 Å². The van der Waals surface area contributed by atoms with Crippen LogP contribution in [0.5, 0.6) is 0 Å². The highest BCUT2D eigenvalue weighted by Gasteiger charge is 2.35. The summed E-state index contributed by atoms with van der Waals surface area (Å²) in [7, 11) is -3.00. The van der Waals surface area contributed by atoms with E-state index in [0.717, 1.165) is 32.2 Å². The first-order chi connectivity index (χ1) is 7.10. The molecule has 2 rings (SSSR count). The quantitative estimate of drug-likeness (QED) is 0.756. The molecule has 0 spiro atoms.